The molecule has 17 heavy (non-hydrogen) atoms. The van der Waals surface area contributed by atoms with Crippen molar-refractivity contribution >= 4 is 29.1 Å². The Morgan fingerprint density at radius 3 is 2.47 bits per heavy atom. The molecular formula is C10H8Cl2N4O. The van der Waals surface area contributed by atoms with Crippen LogP contribution < -0.4 is 11.3 Å². The van der Waals surface area contributed by atoms with E-state index in [-0.39, 0.29) is 5.69 Å². The minimum atomic E-state index is -0.447. The second-order valence-electron chi connectivity index (χ2n) is 3.30. The predicted octanol–water partition coefficient (Wildman–Crippen LogP) is 1.99. The molecule has 1 amide bonds. The minimum Gasteiger partial charge on any atom is -0.289 e. The lowest BCUT2D eigenvalue weighted by Gasteiger charge is -1.98. The smallest absolute Gasteiger partial charge is 0.283 e. The van der Waals surface area contributed by atoms with Gasteiger partial charge in [0.1, 0.15) is 5.69 Å². The van der Waals surface area contributed by atoms with Gasteiger partial charge in [-0.1, -0.05) is 23.2 Å². The third-order valence-electron chi connectivity index (χ3n) is 2.11. The van der Waals surface area contributed by atoms with Crippen molar-refractivity contribution < 1.29 is 4.79 Å². The first kappa shape index (κ1) is 11.9. The highest BCUT2D eigenvalue weighted by molar-refractivity contribution is 6.35. The molecule has 7 heteroatoms. The lowest BCUT2D eigenvalue weighted by atomic mass is 10.1. The minimum absolute atomic E-state index is 0.263. The monoisotopic (exact) mass is 270 g/mol. The van der Waals surface area contributed by atoms with Crippen molar-refractivity contribution in [2.24, 2.45) is 5.84 Å². The van der Waals surface area contributed by atoms with Crippen LogP contribution in [0.4, 0.5) is 0 Å². The number of carbonyl (C=O) groups is 1. The summed E-state index contributed by atoms with van der Waals surface area (Å²) in [6.07, 6.45) is 0. The molecule has 0 fully saturated rings. The Hall–Kier alpha value is -1.56. The molecule has 5 nitrogen and oxygen atoms in total. The number of hydrogen-bond donors (Lipinski definition) is 3. The van der Waals surface area contributed by atoms with Crippen molar-refractivity contribution in [1.29, 1.82) is 0 Å². The number of halogens is 2. The van der Waals surface area contributed by atoms with E-state index >= 15 is 0 Å². The summed E-state index contributed by atoms with van der Waals surface area (Å²) >= 11 is 11.7. The number of nitrogen functional groups attached to an aromatic ring is 1. The Morgan fingerprint density at radius 1 is 1.24 bits per heavy atom. The quantitative estimate of drug-likeness (QED) is 0.443. The fourth-order valence-electron chi connectivity index (χ4n) is 1.37. The zero-order chi connectivity index (χ0) is 12.4. The van der Waals surface area contributed by atoms with Gasteiger partial charge in [0.15, 0.2) is 0 Å². The summed E-state index contributed by atoms with van der Waals surface area (Å²) in [7, 11) is 0. The van der Waals surface area contributed by atoms with Crippen LogP contribution in [0.15, 0.2) is 24.3 Å². The molecule has 0 bridgehead atoms. The van der Waals surface area contributed by atoms with Gasteiger partial charge in [0, 0.05) is 15.6 Å². The van der Waals surface area contributed by atoms with Gasteiger partial charge in [-0.2, -0.15) is 5.10 Å². The van der Waals surface area contributed by atoms with Crippen LogP contribution in [0.5, 0.6) is 0 Å². The number of nitrogens with one attached hydrogen (secondary N) is 2. The first-order valence-electron chi connectivity index (χ1n) is 4.63. The van der Waals surface area contributed by atoms with Crippen molar-refractivity contribution in [2.45, 2.75) is 0 Å². The second kappa shape index (κ2) is 4.75. The van der Waals surface area contributed by atoms with Crippen molar-refractivity contribution in [1.82, 2.24) is 15.6 Å². The van der Waals surface area contributed by atoms with E-state index in [1.165, 1.54) is 0 Å². The topological polar surface area (TPSA) is 83.8 Å². The van der Waals surface area contributed by atoms with Gasteiger partial charge in [-0.05, 0) is 24.3 Å². The molecule has 1 aromatic heterocycles. The third-order valence-corrected chi connectivity index (χ3v) is 2.55. The van der Waals surface area contributed by atoms with Gasteiger partial charge in [-0.25, -0.2) is 5.84 Å². The molecule has 0 spiro atoms. The zero-order valence-corrected chi connectivity index (χ0v) is 10.0. The van der Waals surface area contributed by atoms with Crippen LogP contribution in [0.2, 0.25) is 10.0 Å². The van der Waals surface area contributed by atoms with Gasteiger partial charge in [0.05, 0.1) is 5.69 Å². The van der Waals surface area contributed by atoms with Gasteiger partial charge in [0.2, 0.25) is 0 Å². The maximum absolute atomic E-state index is 11.2. The molecule has 2 rings (SSSR count). The Morgan fingerprint density at radius 2 is 1.88 bits per heavy atom. The summed E-state index contributed by atoms with van der Waals surface area (Å²) in [4.78, 5) is 11.2. The zero-order valence-electron chi connectivity index (χ0n) is 8.50. The Labute approximate surface area is 107 Å². The summed E-state index contributed by atoms with van der Waals surface area (Å²) in [5.74, 6) is 4.56. The molecule has 1 aromatic carbocycles. The van der Waals surface area contributed by atoms with E-state index in [0.717, 1.165) is 5.56 Å². The number of benzene rings is 1. The summed E-state index contributed by atoms with van der Waals surface area (Å²) < 4.78 is 0. The van der Waals surface area contributed by atoms with E-state index < -0.39 is 5.91 Å². The Bertz CT molecular complexity index is 547. The van der Waals surface area contributed by atoms with E-state index in [0.29, 0.717) is 15.7 Å². The van der Waals surface area contributed by atoms with Crippen molar-refractivity contribution in [3.8, 4) is 11.3 Å². The molecule has 0 unspecified atom stereocenters. The maximum atomic E-state index is 11.2. The molecule has 2 aromatic rings. The SMILES string of the molecule is NNC(=O)c1cc(-c2cc(Cl)cc(Cl)c2)n[nH]1. The fourth-order valence-corrected chi connectivity index (χ4v) is 1.89. The summed E-state index contributed by atoms with van der Waals surface area (Å²) in [5, 5.41) is 7.55. The van der Waals surface area contributed by atoms with Gasteiger partial charge in [0.25, 0.3) is 5.91 Å². The highest BCUT2D eigenvalue weighted by atomic mass is 35.5. The van der Waals surface area contributed by atoms with Crippen LogP contribution in [0.1, 0.15) is 10.5 Å². The predicted molar refractivity (Wildman–Crippen MR) is 65.7 cm³/mol. The van der Waals surface area contributed by atoms with Crippen LogP contribution in [0, 0.1) is 0 Å². The molecule has 4 N–H and O–H groups in total. The Balaban J connectivity index is 2.40. The third kappa shape index (κ3) is 2.58. The highest BCUT2D eigenvalue weighted by Crippen LogP contribution is 2.26. The maximum Gasteiger partial charge on any atom is 0.283 e. The summed E-state index contributed by atoms with van der Waals surface area (Å²) in [5.41, 5.74) is 3.55. The molecule has 0 saturated heterocycles. The first-order valence-corrected chi connectivity index (χ1v) is 5.38. The summed E-state index contributed by atoms with van der Waals surface area (Å²) in [6.45, 7) is 0. The van der Waals surface area contributed by atoms with Crippen LogP contribution in [0.3, 0.4) is 0 Å². The van der Waals surface area contributed by atoms with E-state index in [1.807, 2.05) is 5.43 Å². The van der Waals surface area contributed by atoms with E-state index in [4.69, 9.17) is 29.0 Å². The largest absolute Gasteiger partial charge is 0.289 e. The van der Waals surface area contributed by atoms with Crippen LogP contribution in [0.25, 0.3) is 11.3 Å². The number of carbonyl (C=O) groups excluding carboxylic acids is 1. The molecule has 0 aliphatic carbocycles. The number of nitrogens with zero attached hydrogens (tertiary/aromatic N) is 1. The van der Waals surface area contributed by atoms with Crippen LogP contribution in [-0.4, -0.2) is 16.1 Å². The van der Waals surface area contributed by atoms with Crippen LogP contribution >= 0.6 is 23.2 Å². The van der Waals surface area contributed by atoms with Crippen molar-refractivity contribution in [3.05, 3.63) is 40.0 Å². The molecule has 88 valence electrons. The molecule has 0 atom stereocenters. The number of hydrogen-bond acceptors (Lipinski definition) is 3. The van der Waals surface area contributed by atoms with E-state index in [9.17, 15) is 4.79 Å². The van der Waals surface area contributed by atoms with Crippen LogP contribution in [-0.2, 0) is 0 Å². The van der Waals surface area contributed by atoms with Gasteiger partial charge < -0.3 is 0 Å². The lowest BCUT2D eigenvalue weighted by molar-refractivity contribution is 0.0948. The molecule has 0 saturated carbocycles. The average Bonchev–Trinajstić information content (AvgIpc) is 2.76. The molecule has 0 radical (unpaired) electrons. The second-order valence-corrected chi connectivity index (χ2v) is 4.17. The number of aromatic amines is 1. The number of amides is 1. The normalized spacial score (nSPS) is 10.3. The standard InChI is InChI=1S/C10H8Cl2N4O/c11-6-1-5(2-7(12)3-6)8-4-9(16-15-8)10(17)14-13/h1-4H,13H2,(H,14,17)(H,15,16). The average molecular weight is 271 g/mol. The first-order chi connectivity index (χ1) is 8.10. The van der Waals surface area contributed by atoms with Gasteiger partial charge in [-0.3, -0.25) is 15.3 Å². The van der Waals surface area contributed by atoms with E-state index in [2.05, 4.69) is 10.2 Å². The number of rotatable bonds is 2. The van der Waals surface area contributed by atoms with Crippen molar-refractivity contribution in [3.63, 3.8) is 0 Å². The fraction of sp³-hybridized carbons (Fsp3) is 0. The molecular weight excluding hydrogens is 263 g/mol. The molecule has 0 aliphatic heterocycles. The highest BCUT2D eigenvalue weighted by Gasteiger charge is 2.10. The number of H-pyrrole nitrogens is 1. The number of hydrazine groups is 1. The molecule has 0 aliphatic rings. The van der Waals surface area contributed by atoms with Gasteiger partial charge >= 0.3 is 0 Å². The van der Waals surface area contributed by atoms with Gasteiger partial charge in [-0.15, -0.1) is 0 Å². The number of nitrogens with two attached hydrogens (primary N) is 1. The lowest BCUT2D eigenvalue weighted by Crippen LogP contribution is -2.30. The Kier molecular flexibility index (Phi) is 3.33. The number of aromatic nitrogens is 2. The molecule has 1 heterocycles. The van der Waals surface area contributed by atoms with E-state index in [1.54, 1.807) is 24.3 Å². The van der Waals surface area contributed by atoms with Crippen molar-refractivity contribution in [2.75, 3.05) is 0 Å². The summed E-state index contributed by atoms with van der Waals surface area (Å²) in [6, 6.07) is 6.58.